The summed E-state index contributed by atoms with van der Waals surface area (Å²) in [5.41, 5.74) is 11.6. The predicted molar refractivity (Wildman–Crippen MR) is 81.7 cm³/mol. The first-order valence-corrected chi connectivity index (χ1v) is 6.87. The van der Waals surface area contributed by atoms with E-state index in [0.29, 0.717) is 0 Å². The van der Waals surface area contributed by atoms with Crippen LogP contribution in [0.4, 0.5) is 11.4 Å². The first-order chi connectivity index (χ1) is 9.81. The summed E-state index contributed by atoms with van der Waals surface area (Å²) in [6.07, 6.45) is 1.06. The number of para-hydroxylation sites is 3. The molecular formula is C16H16N4. The lowest BCUT2D eigenvalue weighted by Gasteiger charge is -2.19. The summed E-state index contributed by atoms with van der Waals surface area (Å²) in [6, 6.07) is 14.3. The number of anilines is 2. The highest BCUT2D eigenvalue weighted by atomic mass is 15.2. The van der Waals surface area contributed by atoms with Crippen LogP contribution in [0.2, 0.25) is 0 Å². The second-order valence-corrected chi connectivity index (χ2v) is 5.23. The van der Waals surface area contributed by atoms with Crippen molar-refractivity contribution in [2.75, 3.05) is 17.2 Å². The Morgan fingerprint density at radius 3 is 2.95 bits per heavy atom. The van der Waals surface area contributed by atoms with Gasteiger partial charge in [0.1, 0.15) is 5.82 Å². The molecule has 0 fully saturated rings. The van der Waals surface area contributed by atoms with Gasteiger partial charge in [-0.25, -0.2) is 4.98 Å². The minimum atomic E-state index is 0.774. The second-order valence-electron chi connectivity index (χ2n) is 5.23. The number of benzene rings is 2. The van der Waals surface area contributed by atoms with Crippen molar-refractivity contribution in [2.24, 2.45) is 0 Å². The smallest absolute Gasteiger partial charge is 0.126 e. The number of imidazole rings is 1. The zero-order valence-corrected chi connectivity index (χ0v) is 11.1. The molecule has 20 heavy (non-hydrogen) atoms. The van der Waals surface area contributed by atoms with Gasteiger partial charge in [-0.1, -0.05) is 24.3 Å². The maximum absolute atomic E-state index is 6.12. The van der Waals surface area contributed by atoms with E-state index in [0.717, 1.165) is 42.1 Å². The number of aromatic amines is 1. The number of nitrogens with one attached hydrogen (secondary N) is 1. The van der Waals surface area contributed by atoms with Gasteiger partial charge in [-0.3, -0.25) is 0 Å². The predicted octanol–water partition coefficient (Wildman–Crippen LogP) is 2.71. The average molecular weight is 264 g/mol. The van der Waals surface area contributed by atoms with Crippen molar-refractivity contribution in [3.63, 3.8) is 0 Å². The Kier molecular flexibility index (Phi) is 2.42. The largest absolute Gasteiger partial charge is 0.397 e. The molecule has 4 heteroatoms. The number of nitrogen functional groups attached to an aromatic ring is 1. The van der Waals surface area contributed by atoms with Crippen LogP contribution >= 0.6 is 0 Å². The van der Waals surface area contributed by atoms with Gasteiger partial charge in [-0.05, 0) is 30.2 Å². The molecule has 2 heterocycles. The zero-order valence-electron chi connectivity index (χ0n) is 11.1. The molecule has 1 aromatic heterocycles. The fourth-order valence-electron chi connectivity index (χ4n) is 2.99. The molecule has 0 radical (unpaired) electrons. The molecule has 0 unspecified atom stereocenters. The molecule has 0 spiro atoms. The number of aromatic nitrogens is 2. The first-order valence-electron chi connectivity index (χ1n) is 6.87. The molecule has 0 atom stereocenters. The molecule has 4 nitrogen and oxygen atoms in total. The van der Waals surface area contributed by atoms with E-state index in [1.54, 1.807) is 0 Å². The molecule has 1 aliphatic heterocycles. The SMILES string of the molecule is Nc1cccc2c1N(Cc1nc3ccccc3[nH]1)CC2. The van der Waals surface area contributed by atoms with E-state index in [9.17, 15) is 0 Å². The molecule has 1 aliphatic rings. The highest BCUT2D eigenvalue weighted by molar-refractivity contribution is 5.76. The third-order valence-electron chi connectivity index (χ3n) is 3.90. The van der Waals surface area contributed by atoms with Crippen LogP contribution in [0, 0.1) is 0 Å². The third kappa shape index (κ3) is 1.72. The summed E-state index contributed by atoms with van der Waals surface area (Å²) >= 11 is 0. The van der Waals surface area contributed by atoms with Gasteiger partial charge in [0.2, 0.25) is 0 Å². The molecule has 100 valence electrons. The molecule has 3 N–H and O–H groups in total. The number of hydrogen-bond donors (Lipinski definition) is 2. The summed E-state index contributed by atoms with van der Waals surface area (Å²) in [4.78, 5) is 10.3. The Labute approximate surface area is 117 Å². The third-order valence-corrected chi connectivity index (χ3v) is 3.90. The molecule has 4 rings (SSSR count). The minimum Gasteiger partial charge on any atom is -0.397 e. The van der Waals surface area contributed by atoms with Crippen LogP contribution < -0.4 is 10.6 Å². The molecule has 0 saturated heterocycles. The Bertz CT molecular complexity index is 742. The van der Waals surface area contributed by atoms with E-state index in [2.05, 4.69) is 27.0 Å². The Morgan fingerprint density at radius 1 is 1.15 bits per heavy atom. The van der Waals surface area contributed by atoms with Crippen molar-refractivity contribution in [3.05, 3.63) is 53.9 Å². The van der Waals surface area contributed by atoms with Crippen molar-refractivity contribution >= 4 is 22.4 Å². The van der Waals surface area contributed by atoms with Crippen LogP contribution in [0.5, 0.6) is 0 Å². The van der Waals surface area contributed by atoms with Crippen molar-refractivity contribution in [2.45, 2.75) is 13.0 Å². The fraction of sp³-hybridized carbons (Fsp3) is 0.188. The quantitative estimate of drug-likeness (QED) is 0.700. The van der Waals surface area contributed by atoms with Gasteiger partial charge >= 0.3 is 0 Å². The first kappa shape index (κ1) is 11.3. The molecular weight excluding hydrogens is 248 g/mol. The molecule has 2 aromatic carbocycles. The van der Waals surface area contributed by atoms with Crippen molar-refractivity contribution in [1.29, 1.82) is 0 Å². The van der Waals surface area contributed by atoms with Crippen molar-refractivity contribution in [1.82, 2.24) is 9.97 Å². The van der Waals surface area contributed by atoms with Gasteiger partial charge in [0.15, 0.2) is 0 Å². The van der Waals surface area contributed by atoms with E-state index in [-0.39, 0.29) is 0 Å². The fourth-order valence-corrected chi connectivity index (χ4v) is 2.99. The number of nitrogens with zero attached hydrogens (tertiary/aromatic N) is 2. The lowest BCUT2D eigenvalue weighted by atomic mass is 10.1. The standard InChI is InChI=1S/C16H16N4/c17-12-5-3-4-11-8-9-20(16(11)12)10-15-18-13-6-1-2-7-14(13)19-15/h1-7H,8-10,17H2,(H,18,19). The second kappa shape index (κ2) is 4.27. The summed E-state index contributed by atoms with van der Waals surface area (Å²) in [7, 11) is 0. The summed E-state index contributed by atoms with van der Waals surface area (Å²) < 4.78 is 0. The lowest BCUT2D eigenvalue weighted by Crippen LogP contribution is -2.21. The van der Waals surface area contributed by atoms with Gasteiger partial charge < -0.3 is 15.6 Å². The van der Waals surface area contributed by atoms with Gasteiger partial charge in [0.25, 0.3) is 0 Å². The van der Waals surface area contributed by atoms with Crippen LogP contribution in [0.3, 0.4) is 0 Å². The number of nitrogens with two attached hydrogens (primary N) is 1. The van der Waals surface area contributed by atoms with Gasteiger partial charge in [0, 0.05) is 6.54 Å². The van der Waals surface area contributed by atoms with E-state index in [4.69, 9.17) is 5.73 Å². The Balaban J connectivity index is 1.68. The maximum Gasteiger partial charge on any atom is 0.126 e. The zero-order chi connectivity index (χ0) is 13.5. The summed E-state index contributed by atoms with van der Waals surface area (Å²) in [5.74, 6) is 0.988. The molecule has 0 aliphatic carbocycles. The van der Waals surface area contributed by atoms with Crippen LogP contribution in [-0.2, 0) is 13.0 Å². The normalized spacial score (nSPS) is 13.9. The Hall–Kier alpha value is -2.49. The van der Waals surface area contributed by atoms with E-state index >= 15 is 0 Å². The van der Waals surface area contributed by atoms with Gasteiger partial charge in [0.05, 0.1) is 29.0 Å². The number of fused-ring (bicyclic) bond motifs is 2. The monoisotopic (exact) mass is 264 g/mol. The Morgan fingerprint density at radius 2 is 2.05 bits per heavy atom. The van der Waals surface area contributed by atoms with Crippen LogP contribution in [0.1, 0.15) is 11.4 Å². The minimum absolute atomic E-state index is 0.774. The van der Waals surface area contributed by atoms with Crippen molar-refractivity contribution < 1.29 is 0 Å². The number of hydrogen-bond acceptors (Lipinski definition) is 3. The topological polar surface area (TPSA) is 57.9 Å². The van der Waals surface area contributed by atoms with Crippen molar-refractivity contribution in [3.8, 4) is 0 Å². The van der Waals surface area contributed by atoms with E-state index in [1.807, 2.05) is 30.3 Å². The van der Waals surface area contributed by atoms with Crippen LogP contribution in [-0.4, -0.2) is 16.5 Å². The highest BCUT2D eigenvalue weighted by Crippen LogP contribution is 2.34. The molecule has 3 aromatic rings. The summed E-state index contributed by atoms with van der Waals surface area (Å²) in [6.45, 7) is 1.77. The number of H-pyrrole nitrogens is 1. The lowest BCUT2D eigenvalue weighted by molar-refractivity contribution is 0.802. The number of rotatable bonds is 2. The summed E-state index contributed by atoms with van der Waals surface area (Å²) in [5, 5.41) is 0. The highest BCUT2D eigenvalue weighted by Gasteiger charge is 2.22. The average Bonchev–Trinajstić information content (AvgIpc) is 3.03. The van der Waals surface area contributed by atoms with Crippen LogP contribution in [0.25, 0.3) is 11.0 Å². The van der Waals surface area contributed by atoms with E-state index in [1.165, 1.54) is 11.3 Å². The van der Waals surface area contributed by atoms with E-state index < -0.39 is 0 Å². The van der Waals surface area contributed by atoms with Gasteiger partial charge in [-0.15, -0.1) is 0 Å². The van der Waals surface area contributed by atoms with Crippen LogP contribution in [0.15, 0.2) is 42.5 Å². The molecule has 0 amide bonds. The maximum atomic E-state index is 6.12. The van der Waals surface area contributed by atoms with Gasteiger partial charge in [-0.2, -0.15) is 0 Å². The molecule has 0 saturated carbocycles. The molecule has 0 bridgehead atoms.